The van der Waals surface area contributed by atoms with Gasteiger partial charge in [0.1, 0.15) is 5.82 Å². The van der Waals surface area contributed by atoms with Crippen molar-refractivity contribution in [3.05, 3.63) is 70.3 Å². The molecule has 0 spiro atoms. The molecule has 1 fully saturated rings. The van der Waals surface area contributed by atoms with E-state index in [0.717, 1.165) is 5.69 Å². The molecule has 1 amide bonds. The standard InChI is InChI=1S/C24H27FN4O4S/c1-3-29(4-2)34(32,33)19-9-10-22-20(15-19)21(16-23(30)26-22)24(31)28-13-11-27(12-14-28)18-7-5-17(25)6-8-18/h5-10,15-16H,3-4,11-14H2,1-2H3,(H,26,30). The van der Waals surface area contributed by atoms with Crippen molar-refractivity contribution in [2.75, 3.05) is 44.2 Å². The van der Waals surface area contributed by atoms with Gasteiger partial charge in [0.25, 0.3) is 5.91 Å². The minimum absolute atomic E-state index is 0.0749. The van der Waals surface area contributed by atoms with Crippen LogP contribution in [0.1, 0.15) is 24.2 Å². The Kier molecular flexibility index (Phi) is 6.72. The summed E-state index contributed by atoms with van der Waals surface area (Å²) in [6.45, 7) is 6.13. The second kappa shape index (κ2) is 9.55. The number of sulfonamides is 1. The number of nitrogens with zero attached hydrogens (tertiary/aromatic N) is 3. The molecule has 0 bridgehead atoms. The number of halogens is 1. The number of piperazine rings is 1. The average molecular weight is 487 g/mol. The molecule has 10 heteroatoms. The average Bonchev–Trinajstić information content (AvgIpc) is 2.84. The number of hydrogen-bond acceptors (Lipinski definition) is 5. The molecule has 0 atom stereocenters. The number of hydrogen-bond donors (Lipinski definition) is 1. The number of H-pyrrole nitrogens is 1. The maximum atomic E-state index is 13.4. The molecule has 1 aliphatic rings. The molecule has 3 aromatic rings. The van der Waals surface area contributed by atoms with Gasteiger partial charge in [-0.25, -0.2) is 12.8 Å². The monoisotopic (exact) mass is 486 g/mol. The fourth-order valence-electron chi connectivity index (χ4n) is 4.27. The fraction of sp³-hybridized carbons (Fsp3) is 0.333. The molecule has 1 aliphatic heterocycles. The number of amides is 1. The van der Waals surface area contributed by atoms with Crippen molar-refractivity contribution in [1.29, 1.82) is 0 Å². The molecule has 0 unspecified atom stereocenters. The van der Waals surface area contributed by atoms with Crippen LogP contribution < -0.4 is 10.5 Å². The third-order valence-corrected chi connectivity index (χ3v) is 8.19. The van der Waals surface area contributed by atoms with Crippen LogP contribution in [0.5, 0.6) is 0 Å². The van der Waals surface area contributed by atoms with Crippen LogP contribution in [0.4, 0.5) is 10.1 Å². The van der Waals surface area contributed by atoms with Crippen LogP contribution in [0.3, 0.4) is 0 Å². The minimum Gasteiger partial charge on any atom is -0.368 e. The zero-order chi connectivity index (χ0) is 24.5. The van der Waals surface area contributed by atoms with Gasteiger partial charge in [0, 0.05) is 61.9 Å². The van der Waals surface area contributed by atoms with Gasteiger partial charge in [-0.05, 0) is 42.5 Å². The van der Waals surface area contributed by atoms with E-state index >= 15 is 0 Å². The molecule has 0 aliphatic carbocycles. The normalized spacial score (nSPS) is 14.7. The summed E-state index contributed by atoms with van der Waals surface area (Å²) < 4.78 is 40.6. The Balaban J connectivity index is 1.64. The van der Waals surface area contributed by atoms with Crippen molar-refractivity contribution in [3.8, 4) is 0 Å². The van der Waals surface area contributed by atoms with E-state index < -0.39 is 15.6 Å². The smallest absolute Gasteiger partial charge is 0.254 e. The molecule has 8 nitrogen and oxygen atoms in total. The Labute approximate surface area is 197 Å². The number of aromatic amines is 1. The number of aromatic nitrogens is 1. The van der Waals surface area contributed by atoms with E-state index in [0.29, 0.717) is 50.2 Å². The Hall–Kier alpha value is -3.24. The van der Waals surface area contributed by atoms with E-state index in [-0.39, 0.29) is 22.2 Å². The highest BCUT2D eigenvalue weighted by Crippen LogP contribution is 2.24. The van der Waals surface area contributed by atoms with Gasteiger partial charge < -0.3 is 14.8 Å². The number of rotatable bonds is 6. The van der Waals surface area contributed by atoms with E-state index in [1.807, 2.05) is 0 Å². The third-order valence-electron chi connectivity index (χ3n) is 6.15. The fourth-order valence-corrected chi connectivity index (χ4v) is 5.76. The van der Waals surface area contributed by atoms with E-state index in [1.54, 1.807) is 30.9 Å². The van der Waals surface area contributed by atoms with E-state index in [9.17, 15) is 22.4 Å². The van der Waals surface area contributed by atoms with Gasteiger partial charge >= 0.3 is 0 Å². The molecule has 34 heavy (non-hydrogen) atoms. The Bertz CT molecular complexity index is 1360. The number of benzene rings is 2. The molecule has 4 rings (SSSR count). The van der Waals surface area contributed by atoms with Gasteiger partial charge in [-0.15, -0.1) is 0 Å². The highest BCUT2D eigenvalue weighted by molar-refractivity contribution is 7.89. The summed E-state index contributed by atoms with van der Waals surface area (Å²) in [6.07, 6.45) is 0. The largest absolute Gasteiger partial charge is 0.368 e. The summed E-state index contributed by atoms with van der Waals surface area (Å²) in [5.41, 5.74) is 1.02. The summed E-state index contributed by atoms with van der Waals surface area (Å²) in [5, 5.41) is 0.388. The van der Waals surface area contributed by atoms with Crippen molar-refractivity contribution in [2.24, 2.45) is 0 Å². The lowest BCUT2D eigenvalue weighted by Gasteiger charge is -2.36. The van der Waals surface area contributed by atoms with Crippen LogP contribution >= 0.6 is 0 Å². The third kappa shape index (κ3) is 4.55. The van der Waals surface area contributed by atoms with E-state index in [4.69, 9.17) is 0 Å². The number of fused-ring (bicyclic) bond motifs is 1. The van der Waals surface area contributed by atoms with Crippen molar-refractivity contribution in [2.45, 2.75) is 18.7 Å². The number of carbonyl (C=O) groups is 1. The quantitative estimate of drug-likeness (QED) is 0.578. The Morgan fingerprint density at radius 1 is 1.00 bits per heavy atom. The van der Waals surface area contributed by atoms with Crippen LogP contribution in [0.2, 0.25) is 0 Å². The van der Waals surface area contributed by atoms with Gasteiger partial charge in [-0.3, -0.25) is 9.59 Å². The van der Waals surface area contributed by atoms with Crippen molar-refractivity contribution < 1.29 is 17.6 Å². The van der Waals surface area contributed by atoms with Crippen LogP contribution in [0.15, 0.2) is 58.2 Å². The van der Waals surface area contributed by atoms with Crippen LogP contribution in [0.25, 0.3) is 10.9 Å². The van der Waals surface area contributed by atoms with Gasteiger partial charge in [-0.1, -0.05) is 13.8 Å². The highest BCUT2D eigenvalue weighted by atomic mass is 32.2. The zero-order valence-corrected chi connectivity index (χ0v) is 19.9. The SMILES string of the molecule is CCN(CC)S(=O)(=O)c1ccc2[nH]c(=O)cc(C(=O)N3CCN(c4ccc(F)cc4)CC3)c2c1. The lowest BCUT2D eigenvalue weighted by molar-refractivity contribution is 0.0748. The Morgan fingerprint density at radius 2 is 1.65 bits per heavy atom. The zero-order valence-electron chi connectivity index (χ0n) is 19.1. The van der Waals surface area contributed by atoms with E-state index in [2.05, 4.69) is 9.88 Å². The number of carbonyl (C=O) groups excluding carboxylic acids is 1. The van der Waals surface area contributed by atoms with Crippen LogP contribution in [-0.2, 0) is 10.0 Å². The predicted molar refractivity (Wildman–Crippen MR) is 129 cm³/mol. The topological polar surface area (TPSA) is 93.8 Å². The molecule has 2 heterocycles. The summed E-state index contributed by atoms with van der Waals surface area (Å²) in [7, 11) is -3.73. The Morgan fingerprint density at radius 3 is 2.26 bits per heavy atom. The van der Waals surface area contributed by atoms with Gasteiger partial charge in [-0.2, -0.15) is 4.31 Å². The first-order valence-corrected chi connectivity index (χ1v) is 12.7. The molecule has 1 N–H and O–H groups in total. The number of pyridine rings is 1. The molecule has 1 aromatic heterocycles. The molecule has 2 aromatic carbocycles. The van der Waals surface area contributed by atoms with Gasteiger partial charge in [0.2, 0.25) is 15.6 Å². The predicted octanol–water partition coefficient (Wildman–Crippen LogP) is 2.66. The van der Waals surface area contributed by atoms with E-state index in [1.165, 1.54) is 40.7 Å². The molecule has 0 radical (unpaired) electrons. The summed E-state index contributed by atoms with van der Waals surface area (Å²) >= 11 is 0. The maximum Gasteiger partial charge on any atom is 0.254 e. The lowest BCUT2D eigenvalue weighted by Crippen LogP contribution is -2.49. The van der Waals surface area contributed by atoms with Crippen LogP contribution in [-0.4, -0.2) is 67.8 Å². The van der Waals surface area contributed by atoms with Gasteiger partial charge in [0.05, 0.1) is 10.5 Å². The molecule has 1 saturated heterocycles. The number of anilines is 1. The molecular weight excluding hydrogens is 459 g/mol. The first kappa shape index (κ1) is 23.9. The second-order valence-electron chi connectivity index (χ2n) is 8.10. The van der Waals surface area contributed by atoms with Crippen molar-refractivity contribution in [1.82, 2.24) is 14.2 Å². The van der Waals surface area contributed by atoms with Crippen molar-refractivity contribution in [3.63, 3.8) is 0 Å². The van der Waals surface area contributed by atoms with Crippen molar-refractivity contribution >= 4 is 32.5 Å². The lowest BCUT2D eigenvalue weighted by atomic mass is 10.1. The van der Waals surface area contributed by atoms with Gasteiger partial charge in [0.15, 0.2) is 0 Å². The van der Waals surface area contributed by atoms with Crippen LogP contribution in [0, 0.1) is 5.82 Å². The first-order chi connectivity index (χ1) is 16.2. The summed E-state index contributed by atoms with van der Waals surface area (Å²) in [6, 6.07) is 11.9. The molecule has 180 valence electrons. The molecular formula is C24H27FN4O4S. The number of nitrogens with one attached hydrogen (secondary N) is 1. The summed E-state index contributed by atoms with van der Waals surface area (Å²) in [5.74, 6) is -0.631. The maximum absolute atomic E-state index is 13.4. The first-order valence-electron chi connectivity index (χ1n) is 11.2. The minimum atomic E-state index is -3.73. The second-order valence-corrected chi connectivity index (χ2v) is 10.0. The summed E-state index contributed by atoms with van der Waals surface area (Å²) in [4.78, 5) is 32.1. The highest BCUT2D eigenvalue weighted by Gasteiger charge is 2.26. The molecule has 0 saturated carbocycles.